The lowest BCUT2D eigenvalue weighted by Gasteiger charge is -2.29. The van der Waals surface area contributed by atoms with Gasteiger partial charge in [-0.2, -0.15) is 0 Å². The van der Waals surface area contributed by atoms with E-state index in [0.717, 1.165) is 36.1 Å². The fourth-order valence-electron chi connectivity index (χ4n) is 3.13. The maximum absolute atomic E-state index is 12.6. The highest BCUT2D eigenvalue weighted by atomic mass is 16.5. The lowest BCUT2D eigenvalue weighted by molar-refractivity contribution is -0.118. The molecule has 5 N–H and O–H groups in total. The van der Waals surface area contributed by atoms with Gasteiger partial charge in [0.15, 0.2) is 0 Å². The number of nitrogens with one attached hydrogen (secondary N) is 3. The first-order chi connectivity index (χ1) is 11.5. The van der Waals surface area contributed by atoms with Crippen LogP contribution in [0.5, 0.6) is 5.75 Å². The van der Waals surface area contributed by atoms with E-state index in [2.05, 4.69) is 22.5 Å². The van der Waals surface area contributed by atoms with Gasteiger partial charge in [-0.3, -0.25) is 4.79 Å². The molecule has 2 aliphatic rings. The Morgan fingerprint density at radius 1 is 1.42 bits per heavy atom. The van der Waals surface area contributed by atoms with Gasteiger partial charge < -0.3 is 26.4 Å². The number of ether oxygens (including phenoxy) is 1. The Morgan fingerprint density at radius 2 is 2.21 bits per heavy atom. The van der Waals surface area contributed by atoms with Gasteiger partial charge >= 0.3 is 6.03 Å². The summed E-state index contributed by atoms with van der Waals surface area (Å²) in [6.45, 7) is 3.63. The number of nitrogens with two attached hydrogens (primary N) is 1. The van der Waals surface area contributed by atoms with E-state index < -0.39 is 11.9 Å². The molecular weight excluding hydrogens is 308 g/mol. The fraction of sp³-hybridized carbons (Fsp3) is 0.294. The van der Waals surface area contributed by atoms with Crippen molar-refractivity contribution in [2.24, 2.45) is 5.73 Å². The van der Waals surface area contributed by atoms with Crippen molar-refractivity contribution in [3.8, 4) is 5.75 Å². The number of methoxy groups -OCH3 is 1. The Balaban J connectivity index is 1.86. The van der Waals surface area contributed by atoms with Gasteiger partial charge in [0.05, 0.1) is 24.5 Å². The number of benzene rings is 1. The van der Waals surface area contributed by atoms with Crippen molar-refractivity contribution < 1.29 is 14.3 Å². The summed E-state index contributed by atoms with van der Waals surface area (Å²) in [6, 6.07) is 5.13. The van der Waals surface area contributed by atoms with Crippen molar-refractivity contribution in [2.45, 2.75) is 25.3 Å². The van der Waals surface area contributed by atoms with Crippen molar-refractivity contribution in [3.05, 3.63) is 53.0 Å². The summed E-state index contributed by atoms with van der Waals surface area (Å²) in [7, 11) is 1.64. The summed E-state index contributed by atoms with van der Waals surface area (Å²) in [5.41, 5.74) is 8.37. The molecule has 0 radical (unpaired) electrons. The number of amides is 3. The predicted molar refractivity (Wildman–Crippen MR) is 88.8 cm³/mol. The van der Waals surface area contributed by atoms with Crippen LogP contribution in [0.4, 0.5) is 4.79 Å². The molecule has 0 aromatic heterocycles. The largest absolute Gasteiger partial charge is 0.496 e. The van der Waals surface area contributed by atoms with E-state index in [1.807, 2.05) is 18.2 Å². The zero-order valence-electron chi connectivity index (χ0n) is 13.4. The Kier molecular flexibility index (Phi) is 4.16. The summed E-state index contributed by atoms with van der Waals surface area (Å²) in [5.74, 6) is 0.401. The molecule has 0 spiro atoms. The monoisotopic (exact) mass is 328 g/mol. The molecular formula is C17H20N4O3. The number of hydrogen-bond acceptors (Lipinski definition) is 4. The number of carbonyl (C=O) groups is 2. The van der Waals surface area contributed by atoms with Gasteiger partial charge in [0.25, 0.3) is 5.91 Å². The summed E-state index contributed by atoms with van der Waals surface area (Å²) in [4.78, 5) is 24.1. The molecule has 3 amide bonds. The van der Waals surface area contributed by atoms with Crippen LogP contribution in [-0.4, -0.2) is 19.0 Å². The molecule has 1 aliphatic heterocycles. The molecule has 7 nitrogen and oxygen atoms in total. The van der Waals surface area contributed by atoms with Crippen molar-refractivity contribution >= 4 is 11.9 Å². The smallest absolute Gasteiger partial charge is 0.323 e. The number of urea groups is 1. The second-order valence-corrected chi connectivity index (χ2v) is 5.79. The number of fused-ring (bicyclic) bond motifs is 1. The van der Waals surface area contributed by atoms with E-state index in [4.69, 9.17) is 10.5 Å². The molecule has 0 fully saturated rings. The molecule has 1 aromatic carbocycles. The minimum atomic E-state index is -0.523. The van der Waals surface area contributed by atoms with Crippen LogP contribution in [0.25, 0.3) is 0 Å². The first-order valence-corrected chi connectivity index (χ1v) is 7.75. The van der Waals surface area contributed by atoms with Crippen LogP contribution in [-0.2, 0) is 11.2 Å². The van der Waals surface area contributed by atoms with Crippen molar-refractivity contribution in [1.29, 1.82) is 0 Å². The molecule has 1 atom stereocenters. The summed E-state index contributed by atoms with van der Waals surface area (Å²) in [6.07, 6.45) is 2.66. The molecule has 3 rings (SSSR count). The molecule has 0 saturated heterocycles. The van der Waals surface area contributed by atoms with Gasteiger partial charge in [-0.25, -0.2) is 4.79 Å². The van der Waals surface area contributed by atoms with Crippen LogP contribution in [0.3, 0.4) is 0 Å². The maximum atomic E-state index is 12.6. The third-order valence-electron chi connectivity index (χ3n) is 4.31. The predicted octanol–water partition coefficient (Wildman–Crippen LogP) is 1.19. The van der Waals surface area contributed by atoms with Crippen LogP contribution < -0.4 is 26.4 Å². The fourth-order valence-corrected chi connectivity index (χ4v) is 3.13. The number of hydrogen-bond donors (Lipinski definition) is 4. The normalized spacial score (nSPS) is 20.0. The van der Waals surface area contributed by atoms with Gasteiger partial charge in [-0.05, 0) is 36.5 Å². The average molecular weight is 328 g/mol. The van der Waals surface area contributed by atoms with Crippen LogP contribution in [0, 0.1) is 0 Å². The second kappa shape index (κ2) is 6.27. The zero-order valence-corrected chi connectivity index (χ0v) is 13.4. The van der Waals surface area contributed by atoms with Crippen LogP contribution >= 0.6 is 0 Å². The van der Waals surface area contributed by atoms with E-state index in [1.54, 1.807) is 7.11 Å². The van der Waals surface area contributed by atoms with Crippen LogP contribution in [0.15, 0.2) is 41.9 Å². The molecule has 126 valence electrons. The van der Waals surface area contributed by atoms with Gasteiger partial charge in [0, 0.05) is 0 Å². The third kappa shape index (κ3) is 2.80. The minimum Gasteiger partial charge on any atom is -0.496 e. The molecule has 0 saturated carbocycles. The minimum absolute atomic E-state index is 0.0266. The number of rotatable bonds is 3. The summed E-state index contributed by atoms with van der Waals surface area (Å²) in [5, 5.41) is 7.82. The van der Waals surface area contributed by atoms with Gasteiger partial charge in [-0.15, -0.1) is 0 Å². The molecule has 7 heteroatoms. The molecule has 24 heavy (non-hydrogen) atoms. The first-order valence-electron chi connectivity index (χ1n) is 7.75. The SMILES string of the molecule is C=C1NC(=O)NC(C(=O)NC2CCCc3c(OC)cccc32)=C1N. The van der Waals surface area contributed by atoms with E-state index in [-0.39, 0.29) is 23.1 Å². The Bertz CT molecular complexity index is 754. The Labute approximate surface area is 139 Å². The van der Waals surface area contributed by atoms with E-state index in [0.29, 0.717) is 0 Å². The lowest BCUT2D eigenvalue weighted by atomic mass is 9.87. The van der Waals surface area contributed by atoms with E-state index >= 15 is 0 Å². The van der Waals surface area contributed by atoms with Crippen LogP contribution in [0.1, 0.15) is 30.0 Å². The van der Waals surface area contributed by atoms with Crippen molar-refractivity contribution in [1.82, 2.24) is 16.0 Å². The van der Waals surface area contributed by atoms with Gasteiger partial charge in [0.1, 0.15) is 11.4 Å². The molecule has 1 aromatic rings. The highest BCUT2D eigenvalue weighted by molar-refractivity contribution is 6.00. The first kappa shape index (κ1) is 15.9. The quantitative estimate of drug-likeness (QED) is 0.669. The second-order valence-electron chi connectivity index (χ2n) is 5.79. The van der Waals surface area contributed by atoms with Crippen molar-refractivity contribution in [3.63, 3.8) is 0 Å². The van der Waals surface area contributed by atoms with E-state index in [9.17, 15) is 9.59 Å². The van der Waals surface area contributed by atoms with Crippen LogP contribution in [0.2, 0.25) is 0 Å². The summed E-state index contributed by atoms with van der Waals surface area (Å²) >= 11 is 0. The summed E-state index contributed by atoms with van der Waals surface area (Å²) < 4.78 is 5.41. The van der Waals surface area contributed by atoms with Crippen molar-refractivity contribution in [2.75, 3.05) is 7.11 Å². The Morgan fingerprint density at radius 3 is 2.96 bits per heavy atom. The standard InChI is InChI=1S/C17H20N4O3/c1-9-14(18)15(21-17(23)19-9)16(22)20-12-7-3-6-11-10(12)5-4-8-13(11)24-2/h4-5,8,12H,1,3,6-7,18H2,2H3,(H,20,22)(H2,19,21,23). The highest BCUT2D eigenvalue weighted by Gasteiger charge is 2.28. The van der Waals surface area contributed by atoms with Gasteiger partial charge in [-0.1, -0.05) is 18.7 Å². The van der Waals surface area contributed by atoms with Gasteiger partial charge in [0.2, 0.25) is 0 Å². The molecule has 0 bridgehead atoms. The average Bonchev–Trinajstić information content (AvgIpc) is 2.57. The molecule has 1 aliphatic carbocycles. The zero-order chi connectivity index (χ0) is 17.3. The maximum Gasteiger partial charge on any atom is 0.323 e. The van der Waals surface area contributed by atoms with E-state index in [1.165, 1.54) is 0 Å². The lowest BCUT2D eigenvalue weighted by Crippen LogP contribution is -2.47. The molecule has 1 heterocycles. The highest BCUT2D eigenvalue weighted by Crippen LogP contribution is 2.35. The molecule has 1 unspecified atom stereocenters. The Hall–Kier alpha value is -2.96. The third-order valence-corrected chi connectivity index (χ3v) is 4.31. The topological polar surface area (TPSA) is 105 Å². The number of carbonyl (C=O) groups excluding carboxylic acids is 2.